The van der Waals surface area contributed by atoms with Gasteiger partial charge in [0.05, 0.1) is 10.7 Å². The normalized spacial score (nSPS) is 14.5. The van der Waals surface area contributed by atoms with Crippen molar-refractivity contribution >= 4 is 11.8 Å². The van der Waals surface area contributed by atoms with Crippen molar-refractivity contribution in [3.63, 3.8) is 0 Å². The van der Waals surface area contributed by atoms with Gasteiger partial charge < -0.3 is 0 Å². The molecule has 13 heavy (non-hydrogen) atoms. The van der Waals surface area contributed by atoms with Crippen molar-refractivity contribution in [1.82, 2.24) is 0 Å². The zero-order valence-electron chi connectivity index (χ0n) is 6.94. The van der Waals surface area contributed by atoms with Crippen molar-refractivity contribution in [2.24, 2.45) is 9.98 Å². The molecule has 0 N–H and O–H groups in total. The molecule has 1 aromatic rings. The largest absolute Gasteiger partial charge is 0.338 e. The van der Waals surface area contributed by atoms with Crippen LogP contribution >= 0.6 is 0 Å². The van der Waals surface area contributed by atoms with E-state index in [4.69, 9.17) is 0 Å². The molecule has 1 aliphatic rings. The Morgan fingerprint density at radius 2 is 1.62 bits per heavy atom. The van der Waals surface area contributed by atoms with Gasteiger partial charge in [-0.2, -0.15) is 0 Å². The Labute approximate surface area is 73.6 Å². The van der Waals surface area contributed by atoms with E-state index >= 15 is 0 Å². The molecular weight excluding hydrogens is 168 g/mol. The molecule has 0 unspecified atom stereocenters. The van der Waals surface area contributed by atoms with Gasteiger partial charge in [0, 0.05) is 0 Å². The van der Waals surface area contributed by atoms with Crippen LogP contribution in [0.15, 0.2) is 28.2 Å². The highest BCUT2D eigenvalue weighted by molar-refractivity contribution is 6.36. The van der Waals surface area contributed by atoms with E-state index in [1.807, 2.05) is 13.0 Å². The maximum atomic E-state index is 10.9. The number of nitrogens with zero attached hydrogens (tertiary/aromatic N) is 2. The van der Waals surface area contributed by atoms with Gasteiger partial charge in [0.15, 0.2) is 0 Å². The SMILES string of the molecule is Cc1ccc2c(c1)=NC(=O)C(=O)N=2. The maximum Gasteiger partial charge on any atom is 0.338 e. The molecule has 0 spiro atoms. The number of hydrogen-bond donors (Lipinski definition) is 0. The number of carbonyl (C=O) groups is 2. The lowest BCUT2D eigenvalue weighted by Crippen LogP contribution is -2.34. The summed E-state index contributed by atoms with van der Waals surface area (Å²) in [5.41, 5.74) is 0.986. The quantitative estimate of drug-likeness (QED) is 0.488. The average molecular weight is 174 g/mol. The lowest BCUT2D eigenvalue weighted by Gasteiger charge is -1.97. The number of fused-ring (bicyclic) bond motifs is 1. The number of rotatable bonds is 0. The molecule has 0 aliphatic carbocycles. The monoisotopic (exact) mass is 174 g/mol. The Bertz CT molecular complexity index is 517. The molecule has 0 saturated carbocycles. The second-order valence-corrected chi connectivity index (χ2v) is 2.83. The smallest absolute Gasteiger partial charge is 0.261 e. The minimum atomic E-state index is -0.795. The van der Waals surface area contributed by atoms with Crippen LogP contribution in [0.25, 0.3) is 0 Å². The number of amides is 2. The molecule has 4 nitrogen and oxygen atoms in total. The number of benzene rings is 1. The van der Waals surface area contributed by atoms with Gasteiger partial charge in [0.25, 0.3) is 0 Å². The van der Waals surface area contributed by atoms with Crippen LogP contribution in [0.4, 0.5) is 0 Å². The van der Waals surface area contributed by atoms with Gasteiger partial charge in [-0.25, -0.2) is 9.98 Å². The molecular formula is C9H6N2O2. The van der Waals surface area contributed by atoms with Gasteiger partial charge in [-0.3, -0.25) is 9.59 Å². The maximum absolute atomic E-state index is 10.9. The fourth-order valence-corrected chi connectivity index (χ4v) is 1.13. The van der Waals surface area contributed by atoms with Crippen molar-refractivity contribution in [2.75, 3.05) is 0 Å². The van der Waals surface area contributed by atoms with E-state index in [9.17, 15) is 9.59 Å². The molecule has 1 aromatic carbocycles. The molecule has 0 bridgehead atoms. The molecule has 0 aromatic heterocycles. The number of aryl methyl sites for hydroxylation is 1. The van der Waals surface area contributed by atoms with Gasteiger partial charge in [0.2, 0.25) is 0 Å². The average Bonchev–Trinajstić information content (AvgIpc) is 2.08. The van der Waals surface area contributed by atoms with Crippen LogP contribution in [0.2, 0.25) is 0 Å². The summed E-state index contributed by atoms with van der Waals surface area (Å²) in [6.07, 6.45) is 0. The fourth-order valence-electron chi connectivity index (χ4n) is 1.13. The molecule has 0 saturated heterocycles. The molecule has 2 rings (SSSR count). The molecule has 0 radical (unpaired) electrons. The summed E-state index contributed by atoms with van der Waals surface area (Å²) in [5.74, 6) is -1.59. The van der Waals surface area contributed by atoms with Crippen molar-refractivity contribution in [2.45, 2.75) is 6.92 Å². The van der Waals surface area contributed by atoms with Gasteiger partial charge in [-0.05, 0) is 24.6 Å². The summed E-state index contributed by atoms with van der Waals surface area (Å²) in [7, 11) is 0. The first-order chi connectivity index (χ1) is 6.16. The lowest BCUT2D eigenvalue weighted by atomic mass is 10.2. The third kappa shape index (κ3) is 1.26. The molecule has 4 heteroatoms. The number of carbonyl (C=O) groups excluding carboxylic acids is 2. The second-order valence-electron chi connectivity index (χ2n) is 2.83. The minimum absolute atomic E-state index is 0.468. The Morgan fingerprint density at radius 1 is 1.00 bits per heavy atom. The van der Waals surface area contributed by atoms with Crippen LogP contribution in [-0.4, -0.2) is 11.8 Å². The summed E-state index contributed by atoms with van der Waals surface area (Å²) in [6.45, 7) is 1.89. The van der Waals surface area contributed by atoms with E-state index in [2.05, 4.69) is 9.98 Å². The summed E-state index contributed by atoms with van der Waals surface area (Å²) < 4.78 is 0. The van der Waals surface area contributed by atoms with Gasteiger partial charge in [0.1, 0.15) is 0 Å². The topological polar surface area (TPSA) is 58.9 Å². The third-order valence-electron chi connectivity index (χ3n) is 1.76. The van der Waals surface area contributed by atoms with Crippen LogP contribution in [0.3, 0.4) is 0 Å². The highest BCUT2D eigenvalue weighted by atomic mass is 16.2. The van der Waals surface area contributed by atoms with Gasteiger partial charge >= 0.3 is 11.8 Å². The zero-order valence-corrected chi connectivity index (χ0v) is 6.94. The van der Waals surface area contributed by atoms with Crippen LogP contribution < -0.4 is 10.7 Å². The van der Waals surface area contributed by atoms with Crippen LogP contribution in [0.1, 0.15) is 5.56 Å². The van der Waals surface area contributed by atoms with Gasteiger partial charge in [-0.15, -0.1) is 0 Å². The highest BCUT2D eigenvalue weighted by Crippen LogP contribution is 1.89. The van der Waals surface area contributed by atoms with Gasteiger partial charge in [-0.1, -0.05) is 6.07 Å². The summed E-state index contributed by atoms with van der Waals surface area (Å²) in [6, 6.07) is 5.22. The van der Waals surface area contributed by atoms with E-state index < -0.39 is 11.8 Å². The first-order valence-electron chi connectivity index (χ1n) is 3.79. The Morgan fingerprint density at radius 3 is 2.31 bits per heavy atom. The van der Waals surface area contributed by atoms with Crippen LogP contribution in [0.5, 0.6) is 0 Å². The molecule has 64 valence electrons. The predicted octanol–water partition coefficient (Wildman–Crippen LogP) is -0.699. The molecule has 2 amide bonds. The van der Waals surface area contributed by atoms with E-state index in [-0.39, 0.29) is 0 Å². The highest BCUT2D eigenvalue weighted by Gasteiger charge is 2.14. The van der Waals surface area contributed by atoms with E-state index in [1.54, 1.807) is 12.1 Å². The zero-order chi connectivity index (χ0) is 9.42. The molecule has 0 atom stereocenters. The van der Waals surface area contributed by atoms with E-state index in [0.29, 0.717) is 10.7 Å². The number of hydrogen-bond acceptors (Lipinski definition) is 2. The third-order valence-corrected chi connectivity index (χ3v) is 1.76. The molecule has 1 aliphatic heterocycles. The van der Waals surface area contributed by atoms with Crippen LogP contribution in [-0.2, 0) is 9.59 Å². The van der Waals surface area contributed by atoms with Crippen molar-refractivity contribution in [1.29, 1.82) is 0 Å². The molecule has 1 heterocycles. The second kappa shape index (κ2) is 2.58. The van der Waals surface area contributed by atoms with Crippen molar-refractivity contribution < 1.29 is 9.59 Å². The first kappa shape index (κ1) is 7.79. The summed E-state index contributed by atoms with van der Waals surface area (Å²) in [5, 5.41) is 0.944. The Kier molecular flexibility index (Phi) is 1.55. The standard InChI is InChI=1S/C9H6N2O2/c1-5-2-3-6-7(4-5)11-9(13)8(12)10-6/h2-4H,1H3. The predicted molar refractivity (Wildman–Crippen MR) is 43.5 cm³/mol. The summed E-state index contributed by atoms with van der Waals surface area (Å²) >= 11 is 0. The van der Waals surface area contributed by atoms with Crippen molar-refractivity contribution in [3.05, 3.63) is 34.5 Å². The summed E-state index contributed by atoms with van der Waals surface area (Å²) in [4.78, 5) is 28.9. The van der Waals surface area contributed by atoms with E-state index in [0.717, 1.165) is 5.56 Å². The van der Waals surface area contributed by atoms with E-state index in [1.165, 1.54) is 0 Å². The van der Waals surface area contributed by atoms with Crippen LogP contribution in [0, 0.1) is 6.92 Å². The lowest BCUT2D eigenvalue weighted by molar-refractivity contribution is -0.135. The fraction of sp³-hybridized carbons (Fsp3) is 0.111. The Balaban J connectivity index is 2.85. The molecule has 0 fully saturated rings. The Hall–Kier alpha value is -1.84. The van der Waals surface area contributed by atoms with Crippen molar-refractivity contribution in [3.8, 4) is 0 Å². The minimum Gasteiger partial charge on any atom is -0.261 e. The first-order valence-corrected chi connectivity index (χ1v) is 3.79.